The summed E-state index contributed by atoms with van der Waals surface area (Å²) in [6.07, 6.45) is 0.313. The van der Waals surface area contributed by atoms with Gasteiger partial charge in [0.1, 0.15) is 38.4 Å². The van der Waals surface area contributed by atoms with Gasteiger partial charge in [0, 0.05) is 12.4 Å². The first-order valence-electron chi connectivity index (χ1n) is 20.4. The molecule has 0 fully saturated rings. The van der Waals surface area contributed by atoms with Gasteiger partial charge in [0.25, 0.3) is 0 Å². The Morgan fingerprint density at radius 3 is 1.24 bits per heavy atom. The average Bonchev–Trinajstić information content (AvgIpc) is 3.27. The maximum Gasteiger partial charge on any atom is 0.407 e. The van der Waals surface area contributed by atoms with Crippen molar-refractivity contribution in [1.82, 2.24) is 41.9 Å². The Labute approximate surface area is 361 Å². The molecule has 0 unspecified atom stereocenters. The van der Waals surface area contributed by atoms with Crippen LogP contribution in [0.2, 0.25) is 0 Å². The third-order valence-electron chi connectivity index (χ3n) is 9.55. The van der Waals surface area contributed by atoms with Crippen LogP contribution in [-0.4, -0.2) is 94.3 Å². The number of amides is 6. The molecule has 0 aliphatic carbocycles. The molecule has 6 amide bonds. The summed E-state index contributed by atoms with van der Waals surface area (Å²) >= 11 is 0. The lowest BCUT2D eigenvalue weighted by Crippen LogP contribution is -2.61. The summed E-state index contributed by atoms with van der Waals surface area (Å²) in [7, 11) is 0. The summed E-state index contributed by atoms with van der Waals surface area (Å²) in [4.78, 5) is 86.8. The van der Waals surface area contributed by atoms with E-state index in [0.29, 0.717) is 11.4 Å². The third kappa shape index (κ3) is 16.6. The van der Waals surface area contributed by atoms with Crippen LogP contribution in [0.5, 0.6) is 0 Å². The van der Waals surface area contributed by atoms with Gasteiger partial charge in [-0.05, 0) is 60.1 Å². The Morgan fingerprint density at radius 2 is 0.903 bits per heavy atom. The van der Waals surface area contributed by atoms with Crippen LogP contribution < -0.4 is 31.9 Å². The number of carbonyl (C=O) groups is 6. The number of nitrogens with zero attached hydrogens (tertiary/aromatic N) is 2. The summed E-state index contributed by atoms with van der Waals surface area (Å²) in [5.74, 6) is -3.35. The first kappa shape index (κ1) is 47.8. The van der Waals surface area contributed by atoms with Crippen LogP contribution in [0.4, 0.5) is 9.59 Å². The molecule has 0 aliphatic heterocycles. The van der Waals surface area contributed by atoms with Gasteiger partial charge in [0.15, 0.2) is 0 Å². The molecule has 2 aromatic carbocycles. The van der Waals surface area contributed by atoms with Gasteiger partial charge in [0.05, 0.1) is 29.6 Å². The Hall–Kier alpha value is -6.88. The van der Waals surface area contributed by atoms with Crippen molar-refractivity contribution in [3.05, 3.63) is 132 Å². The molecule has 17 heteroatoms. The van der Waals surface area contributed by atoms with Crippen LogP contribution in [-0.2, 0) is 54.7 Å². The van der Waals surface area contributed by atoms with Crippen LogP contribution in [0.1, 0.15) is 50.2 Å². The number of nitrogens with one attached hydrogen (secondary N) is 6. The monoisotopic (exact) mass is 852 g/mol. The van der Waals surface area contributed by atoms with Crippen LogP contribution >= 0.6 is 0 Å². The number of hydrogen-bond acceptors (Lipinski definition) is 11. The molecular formula is C45H56N8O9. The highest BCUT2D eigenvalue weighted by Crippen LogP contribution is 2.16. The van der Waals surface area contributed by atoms with Crippen molar-refractivity contribution in [2.24, 2.45) is 11.8 Å². The van der Waals surface area contributed by atoms with Gasteiger partial charge in [-0.15, -0.1) is 0 Å². The highest BCUT2D eigenvalue weighted by molar-refractivity contribution is 5.91. The first-order valence-corrected chi connectivity index (χ1v) is 20.4. The Kier molecular flexibility index (Phi) is 19.3. The number of pyridine rings is 2. The van der Waals surface area contributed by atoms with Gasteiger partial charge in [-0.1, -0.05) is 100 Å². The number of aliphatic hydroxyl groups is 1. The minimum atomic E-state index is -1.40. The SMILES string of the molecule is CC(C)[C@H](NC(=O)CNC(=O)OCc1ccccn1)C(=O)N[C@@H](Cc1ccccc1)C(O)[C@H](Cc1ccccc1)NC(=O)[C@@H](NC(=O)CNC(=O)OCc1ccccn1)C(C)C. The van der Waals surface area contributed by atoms with E-state index in [1.807, 2.05) is 60.7 Å². The Morgan fingerprint density at radius 1 is 0.532 bits per heavy atom. The second-order valence-corrected chi connectivity index (χ2v) is 15.2. The molecular weight excluding hydrogens is 797 g/mol. The van der Waals surface area contributed by atoms with Crippen molar-refractivity contribution in [2.75, 3.05) is 13.1 Å². The zero-order valence-electron chi connectivity index (χ0n) is 35.3. The van der Waals surface area contributed by atoms with Gasteiger partial charge < -0.3 is 46.5 Å². The van der Waals surface area contributed by atoms with Crippen molar-refractivity contribution in [2.45, 2.75) is 84.0 Å². The quantitative estimate of drug-likeness (QED) is 0.0607. The Balaban J connectivity index is 1.46. The standard InChI is InChI=1S/C45H56N8O9/c1-29(2)39(52-37(54)25-48-44(59)61-27-33-19-11-13-21-46-33)42(57)50-35(23-31-15-7-5-8-16-31)41(56)36(24-32-17-9-6-10-18-32)51-43(58)40(30(3)4)53-38(55)26-49-45(60)62-28-34-20-12-14-22-47-34/h5-22,29-30,35-36,39-41,56H,23-28H2,1-4H3,(H,48,59)(H,49,60)(H,50,57)(H,51,58)(H,52,54)(H,53,55)/t35-,36-,39-,40-/m0/s1. The second-order valence-electron chi connectivity index (χ2n) is 15.2. The molecule has 0 bridgehead atoms. The number of alkyl carbamates (subject to hydrolysis) is 2. The second kappa shape index (κ2) is 25.0. The minimum absolute atomic E-state index is 0.0985. The number of benzene rings is 2. The number of rotatable bonds is 22. The van der Waals surface area contributed by atoms with Gasteiger partial charge >= 0.3 is 12.2 Å². The predicted molar refractivity (Wildman–Crippen MR) is 229 cm³/mol. The van der Waals surface area contributed by atoms with Crippen molar-refractivity contribution in [3.8, 4) is 0 Å². The summed E-state index contributed by atoms with van der Waals surface area (Å²) in [5.41, 5.74) is 2.60. The molecule has 2 heterocycles. The number of aliphatic hydroxyl groups excluding tert-OH is 1. The number of ether oxygens (including phenoxy) is 2. The average molecular weight is 853 g/mol. The maximum absolute atomic E-state index is 14.0. The van der Waals surface area contributed by atoms with E-state index < -0.39 is 91.0 Å². The largest absolute Gasteiger partial charge is 0.443 e. The molecule has 0 saturated heterocycles. The minimum Gasteiger partial charge on any atom is -0.443 e. The lowest BCUT2D eigenvalue weighted by Gasteiger charge is -2.34. The van der Waals surface area contributed by atoms with Crippen molar-refractivity contribution in [3.63, 3.8) is 0 Å². The highest BCUT2D eigenvalue weighted by Gasteiger charge is 2.35. The van der Waals surface area contributed by atoms with E-state index >= 15 is 0 Å². The normalized spacial score (nSPS) is 12.9. The predicted octanol–water partition coefficient (Wildman–Crippen LogP) is 2.73. The van der Waals surface area contributed by atoms with Gasteiger partial charge in [0.2, 0.25) is 23.6 Å². The number of hydrogen-bond donors (Lipinski definition) is 7. The van der Waals surface area contributed by atoms with E-state index in [1.165, 1.54) is 0 Å². The summed E-state index contributed by atoms with van der Waals surface area (Å²) in [5, 5.41) is 28.1. The molecule has 62 heavy (non-hydrogen) atoms. The fourth-order valence-electron chi connectivity index (χ4n) is 6.25. The van der Waals surface area contributed by atoms with E-state index in [2.05, 4.69) is 41.9 Å². The molecule has 0 saturated carbocycles. The number of carbonyl (C=O) groups excluding carboxylic acids is 6. The van der Waals surface area contributed by atoms with Gasteiger partial charge in [-0.25, -0.2) is 9.59 Å². The van der Waals surface area contributed by atoms with E-state index in [9.17, 15) is 33.9 Å². The van der Waals surface area contributed by atoms with Crippen LogP contribution in [0.3, 0.4) is 0 Å². The lowest BCUT2D eigenvalue weighted by molar-refractivity contribution is -0.131. The molecule has 17 nitrogen and oxygen atoms in total. The third-order valence-corrected chi connectivity index (χ3v) is 9.55. The number of aromatic nitrogens is 2. The molecule has 0 spiro atoms. The summed E-state index contributed by atoms with van der Waals surface area (Å²) < 4.78 is 10.2. The van der Waals surface area contributed by atoms with E-state index in [-0.39, 0.29) is 26.1 Å². The van der Waals surface area contributed by atoms with Gasteiger partial charge in [-0.2, -0.15) is 0 Å². The molecule has 4 rings (SSSR count). The summed E-state index contributed by atoms with van der Waals surface area (Å²) in [6.45, 7) is 5.80. The fourth-order valence-corrected chi connectivity index (χ4v) is 6.25. The zero-order valence-corrected chi connectivity index (χ0v) is 35.3. The topological polar surface area (TPSA) is 239 Å². The molecule has 4 aromatic rings. The van der Waals surface area contributed by atoms with Crippen molar-refractivity contribution >= 4 is 35.8 Å². The highest BCUT2D eigenvalue weighted by atomic mass is 16.6. The molecule has 0 radical (unpaired) electrons. The maximum atomic E-state index is 14.0. The lowest BCUT2D eigenvalue weighted by atomic mass is 9.91. The molecule has 2 aromatic heterocycles. The molecule has 4 atom stereocenters. The zero-order chi connectivity index (χ0) is 44.9. The van der Waals surface area contributed by atoms with E-state index in [1.54, 1.807) is 76.5 Å². The smallest absolute Gasteiger partial charge is 0.407 e. The van der Waals surface area contributed by atoms with Crippen LogP contribution in [0.15, 0.2) is 109 Å². The summed E-state index contributed by atoms with van der Waals surface area (Å²) in [6, 6.07) is 24.5. The van der Waals surface area contributed by atoms with Crippen molar-refractivity contribution in [1.29, 1.82) is 0 Å². The first-order chi connectivity index (χ1) is 29.8. The van der Waals surface area contributed by atoms with E-state index in [0.717, 1.165) is 11.1 Å². The van der Waals surface area contributed by atoms with Crippen LogP contribution in [0.25, 0.3) is 0 Å². The van der Waals surface area contributed by atoms with Gasteiger partial charge in [-0.3, -0.25) is 29.1 Å². The van der Waals surface area contributed by atoms with Crippen molar-refractivity contribution < 1.29 is 43.3 Å². The molecule has 330 valence electrons. The Bertz CT molecular complexity index is 1880. The fraction of sp³-hybridized carbons (Fsp3) is 0.378. The van der Waals surface area contributed by atoms with E-state index in [4.69, 9.17) is 9.47 Å². The van der Waals surface area contributed by atoms with Crippen LogP contribution in [0, 0.1) is 11.8 Å². The molecule has 7 N–H and O–H groups in total. The molecule has 0 aliphatic rings.